The molecule has 0 radical (unpaired) electrons. The molecule has 99 heavy (non-hydrogen) atoms. The molecular formula is C80H156O17P2. The minimum Gasteiger partial charge on any atom is -0.462 e. The summed E-state index contributed by atoms with van der Waals surface area (Å²) in [5, 5.41) is 10.6. The predicted molar refractivity (Wildman–Crippen MR) is 404 cm³/mol. The summed E-state index contributed by atoms with van der Waals surface area (Å²) in [6.45, 7) is 14.3. The molecule has 0 amide bonds. The van der Waals surface area contributed by atoms with Crippen LogP contribution in [-0.4, -0.2) is 96.7 Å². The van der Waals surface area contributed by atoms with Crippen molar-refractivity contribution in [2.75, 3.05) is 39.6 Å². The van der Waals surface area contributed by atoms with Gasteiger partial charge in [0.2, 0.25) is 0 Å². The van der Waals surface area contributed by atoms with Crippen LogP contribution in [0.1, 0.15) is 409 Å². The molecule has 5 unspecified atom stereocenters. The van der Waals surface area contributed by atoms with E-state index >= 15 is 0 Å². The highest BCUT2D eigenvalue weighted by Gasteiger charge is 2.30. The van der Waals surface area contributed by atoms with Crippen molar-refractivity contribution in [1.29, 1.82) is 0 Å². The Bertz CT molecular complexity index is 1940. The van der Waals surface area contributed by atoms with Gasteiger partial charge >= 0.3 is 39.5 Å². The fourth-order valence-corrected chi connectivity index (χ4v) is 13.7. The maximum absolute atomic E-state index is 13.1. The van der Waals surface area contributed by atoms with Crippen LogP contribution in [0.3, 0.4) is 0 Å². The number of carbonyl (C=O) groups excluding carboxylic acids is 4. The van der Waals surface area contributed by atoms with Crippen LogP contribution in [0.2, 0.25) is 0 Å². The molecule has 3 N–H and O–H groups in total. The standard InChI is InChI=1S/C80H156O17P2/c1-9-71(6)57-49-41-32-26-20-16-12-14-18-22-30-36-46-54-62-79(84)96-75(66-90-77(82)60-52-44-35-29-25-24-28-34-43-51-59-73(8)11-3)68-94-98(86,87)92-64-74(81)65-93-99(88,89)95-69-76(67-91-78(83)61-53-45-39-38-40-48-56-70(4)5)97-80(85)63-55-47-37-31-23-19-15-13-17-21-27-33-42-50-58-72(7)10-2/h70-76,81H,9-69H2,1-8H3,(H,86,87)(H,88,89)/t71?,72?,73?,74-,75-,76-/m1/s1. The summed E-state index contributed by atoms with van der Waals surface area (Å²) in [5.41, 5.74) is 0. The highest BCUT2D eigenvalue weighted by atomic mass is 31.2. The van der Waals surface area contributed by atoms with E-state index in [1.165, 1.54) is 205 Å². The first-order valence-electron chi connectivity index (χ1n) is 41.3. The number of rotatable bonds is 77. The van der Waals surface area contributed by atoms with Crippen LogP contribution in [-0.2, 0) is 65.4 Å². The minimum absolute atomic E-state index is 0.106. The van der Waals surface area contributed by atoms with Crippen LogP contribution in [0.5, 0.6) is 0 Å². The number of esters is 4. The van der Waals surface area contributed by atoms with Gasteiger partial charge in [0.15, 0.2) is 12.2 Å². The molecule has 0 aliphatic heterocycles. The maximum atomic E-state index is 13.1. The zero-order valence-corrected chi connectivity index (χ0v) is 66.9. The molecule has 0 aromatic carbocycles. The van der Waals surface area contributed by atoms with Crippen molar-refractivity contribution < 1.29 is 80.2 Å². The van der Waals surface area contributed by atoms with Crippen molar-refractivity contribution >= 4 is 39.5 Å². The van der Waals surface area contributed by atoms with Crippen molar-refractivity contribution in [2.24, 2.45) is 23.7 Å². The summed E-state index contributed by atoms with van der Waals surface area (Å²) in [5.74, 6) is 1.06. The van der Waals surface area contributed by atoms with E-state index in [1.807, 2.05) is 0 Å². The quantitative estimate of drug-likeness (QED) is 0.0222. The predicted octanol–water partition coefficient (Wildman–Crippen LogP) is 23.6. The average molecular weight is 1450 g/mol. The number of carbonyl (C=O) groups is 4. The second-order valence-corrected chi connectivity index (χ2v) is 32.9. The van der Waals surface area contributed by atoms with E-state index in [4.69, 9.17) is 37.0 Å². The van der Waals surface area contributed by atoms with Crippen LogP contribution in [0.15, 0.2) is 0 Å². The molecule has 19 heteroatoms. The largest absolute Gasteiger partial charge is 0.472 e. The molecule has 0 aromatic rings. The van der Waals surface area contributed by atoms with E-state index in [-0.39, 0.29) is 25.7 Å². The molecule has 8 atom stereocenters. The van der Waals surface area contributed by atoms with Gasteiger partial charge in [-0.25, -0.2) is 9.13 Å². The molecule has 588 valence electrons. The smallest absolute Gasteiger partial charge is 0.462 e. The first kappa shape index (κ1) is 97.1. The van der Waals surface area contributed by atoms with E-state index < -0.39 is 97.5 Å². The summed E-state index contributed by atoms with van der Waals surface area (Å²) in [4.78, 5) is 73.0. The van der Waals surface area contributed by atoms with Crippen molar-refractivity contribution in [3.63, 3.8) is 0 Å². The fraction of sp³-hybridized carbons (Fsp3) is 0.950. The Balaban J connectivity index is 5.23. The molecule has 0 saturated heterocycles. The first-order valence-corrected chi connectivity index (χ1v) is 44.3. The van der Waals surface area contributed by atoms with Crippen LogP contribution in [0.25, 0.3) is 0 Å². The topological polar surface area (TPSA) is 237 Å². The molecule has 0 fully saturated rings. The summed E-state index contributed by atoms with van der Waals surface area (Å²) in [7, 11) is -9.92. The normalized spacial score (nSPS) is 14.9. The lowest BCUT2D eigenvalue weighted by Crippen LogP contribution is -2.30. The Hall–Kier alpha value is -1.94. The van der Waals surface area contributed by atoms with Crippen LogP contribution in [0.4, 0.5) is 0 Å². The van der Waals surface area contributed by atoms with Crippen molar-refractivity contribution in [3.05, 3.63) is 0 Å². The van der Waals surface area contributed by atoms with Crippen LogP contribution in [0, 0.1) is 23.7 Å². The molecule has 0 aromatic heterocycles. The van der Waals surface area contributed by atoms with Crippen LogP contribution >= 0.6 is 15.6 Å². The van der Waals surface area contributed by atoms with Gasteiger partial charge in [-0.1, -0.05) is 357 Å². The highest BCUT2D eigenvalue weighted by molar-refractivity contribution is 7.47. The van der Waals surface area contributed by atoms with Gasteiger partial charge in [-0.2, -0.15) is 0 Å². The number of hydrogen-bond donors (Lipinski definition) is 3. The van der Waals surface area contributed by atoms with E-state index in [2.05, 4.69) is 55.4 Å². The Labute approximate surface area is 607 Å². The molecule has 0 spiro atoms. The van der Waals surface area contributed by atoms with Crippen LogP contribution < -0.4 is 0 Å². The molecule has 0 aliphatic rings. The molecule has 0 bridgehead atoms. The Morgan fingerprint density at radius 2 is 0.485 bits per heavy atom. The molecular weight excluding hydrogens is 1290 g/mol. The molecule has 0 aliphatic carbocycles. The Morgan fingerprint density at radius 1 is 0.283 bits per heavy atom. The summed E-state index contributed by atoms with van der Waals surface area (Å²) < 4.78 is 68.7. The second kappa shape index (κ2) is 69.1. The minimum atomic E-state index is -4.96. The zero-order chi connectivity index (χ0) is 73.1. The number of hydrogen-bond acceptors (Lipinski definition) is 15. The van der Waals surface area contributed by atoms with Gasteiger partial charge in [0, 0.05) is 25.7 Å². The number of aliphatic hydroxyl groups is 1. The molecule has 0 heterocycles. The lowest BCUT2D eigenvalue weighted by atomic mass is 9.99. The van der Waals surface area contributed by atoms with Gasteiger partial charge < -0.3 is 33.8 Å². The van der Waals surface area contributed by atoms with Gasteiger partial charge in [0.25, 0.3) is 0 Å². The zero-order valence-electron chi connectivity index (χ0n) is 65.1. The number of phosphoric acid groups is 2. The first-order chi connectivity index (χ1) is 47.7. The van der Waals surface area contributed by atoms with Gasteiger partial charge in [-0.05, 0) is 49.4 Å². The summed E-state index contributed by atoms with van der Waals surface area (Å²) in [6, 6.07) is 0. The van der Waals surface area contributed by atoms with E-state index in [0.29, 0.717) is 31.6 Å². The third-order valence-corrected chi connectivity index (χ3v) is 21.6. The van der Waals surface area contributed by atoms with Gasteiger partial charge in [-0.15, -0.1) is 0 Å². The number of unbranched alkanes of at least 4 members (excludes halogenated alkanes) is 40. The molecule has 17 nitrogen and oxygen atoms in total. The van der Waals surface area contributed by atoms with Crippen molar-refractivity contribution in [3.8, 4) is 0 Å². The third kappa shape index (κ3) is 70.2. The lowest BCUT2D eigenvalue weighted by Gasteiger charge is -2.21. The monoisotopic (exact) mass is 1450 g/mol. The summed E-state index contributed by atoms with van der Waals surface area (Å²) >= 11 is 0. The van der Waals surface area contributed by atoms with E-state index in [0.717, 1.165) is 114 Å². The van der Waals surface area contributed by atoms with Crippen molar-refractivity contribution in [1.82, 2.24) is 0 Å². The van der Waals surface area contributed by atoms with E-state index in [9.17, 15) is 43.2 Å². The van der Waals surface area contributed by atoms with Gasteiger partial charge in [0.05, 0.1) is 26.4 Å². The Morgan fingerprint density at radius 3 is 0.717 bits per heavy atom. The highest BCUT2D eigenvalue weighted by Crippen LogP contribution is 2.45. The van der Waals surface area contributed by atoms with Gasteiger partial charge in [0.1, 0.15) is 19.3 Å². The molecule has 0 rings (SSSR count). The SMILES string of the molecule is CCC(C)CCCCCCCCCCCCCCCCC(=O)O[C@H](COC(=O)CCCCCCCCCCCCC(C)CC)COP(=O)(O)OC[C@@H](O)COP(=O)(O)OC[C@@H](COC(=O)CCCCCCCCC(C)C)OC(=O)CCCCCCCCCCCCCCCCC(C)CC. The van der Waals surface area contributed by atoms with E-state index in [1.54, 1.807) is 0 Å². The number of ether oxygens (including phenoxy) is 4. The van der Waals surface area contributed by atoms with Gasteiger partial charge in [-0.3, -0.25) is 37.3 Å². The summed E-state index contributed by atoms with van der Waals surface area (Å²) in [6.07, 6.45) is 55.4. The third-order valence-electron chi connectivity index (χ3n) is 19.7. The maximum Gasteiger partial charge on any atom is 0.472 e. The average Bonchev–Trinajstić information content (AvgIpc) is 1.26. The molecule has 0 saturated carbocycles. The number of aliphatic hydroxyl groups excluding tert-OH is 1. The number of phosphoric ester groups is 2. The lowest BCUT2D eigenvalue weighted by molar-refractivity contribution is -0.161. The fourth-order valence-electron chi connectivity index (χ4n) is 12.2. The van der Waals surface area contributed by atoms with Crippen molar-refractivity contribution in [2.45, 2.75) is 427 Å². The Kier molecular flexibility index (Phi) is 67.8. The second-order valence-electron chi connectivity index (χ2n) is 30.0.